The van der Waals surface area contributed by atoms with E-state index in [1.54, 1.807) is 23.5 Å². The molecule has 0 spiro atoms. The van der Waals surface area contributed by atoms with Crippen LogP contribution >= 0.6 is 23.1 Å². The number of rotatable bonds is 2. The van der Waals surface area contributed by atoms with Crippen LogP contribution in [0, 0.1) is 0 Å². The lowest BCUT2D eigenvalue weighted by Crippen LogP contribution is -2.40. The van der Waals surface area contributed by atoms with Gasteiger partial charge in [-0.3, -0.25) is 9.59 Å². The third kappa shape index (κ3) is 3.19. The van der Waals surface area contributed by atoms with E-state index in [2.05, 4.69) is 59.5 Å². The van der Waals surface area contributed by atoms with Gasteiger partial charge < -0.3 is 4.90 Å². The van der Waals surface area contributed by atoms with Gasteiger partial charge in [0.05, 0.1) is 27.6 Å². The summed E-state index contributed by atoms with van der Waals surface area (Å²) in [7, 11) is 0. The number of hydrogen-bond donors (Lipinski definition) is 0. The number of carbonyl (C=O) groups excluding carboxylic acids is 2. The van der Waals surface area contributed by atoms with Crippen LogP contribution in [-0.4, -0.2) is 22.9 Å². The van der Waals surface area contributed by atoms with Crippen LogP contribution < -0.4 is 4.90 Å². The Labute approximate surface area is 211 Å². The van der Waals surface area contributed by atoms with Crippen molar-refractivity contribution in [2.45, 2.75) is 16.2 Å². The molecule has 2 heterocycles. The normalized spacial score (nSPS) is 21.5. The molecule has 0 radical (unpaired) electrons. The van der Waals surface area contributed by atoms with Crippen molar-refractivity contribution in [3.63, 3.8) is 0 Å². The Bertz CT molecular complexity index is 1640. The van der Waals surface area contributed by atoms with Crippen molar-refractivity contribution in [1.82, 2.24) is 0 Å². The van der Waals surface area contributed by atoms with Gasteiger partial charge in [0.2, 0.25) is 0 Å². The van der Waals surface area contributed by atoms with E-state index >= 15 is 0 Å². The minimum Gasteiger partial charge on any atom is -0.324 e. The van der Waals surface area contributed by atoms with Gasteiger partial charge in [0, 0.05) is 20.9 Å². The van der Waals surface area contributed by atoms with Crippen molar-refractivity contribution in [3.05, 3.63) is 119 Å². The first-order chi connectivity index (χ1) is 17.2. The van der Waals surface area contributed by atoms with Crippen LogP contribution in [0.3, 0.4) is 0 Å². The van der Waals surface area contributed by atoms with Crippen molar-refractivity contribution in [2.75, 3.05) is 4.90 Å². The number of hydrogen-bond acceptors (Lipinski definition) is 5. The Morgan fingerprint density at radius 2 is 1.63 bits per heavy atom. The number of Topliss-reactive ketones (excluding diaryl/α,β-unsaturated/α-hetero) is 2. The molecule has 1 aliphatic heterocycles. The maximum absolute atomic E-state index is 13.4. The summed E-state index contributed by atoms with van der Waals surface area (Å²) in [6.45, 7) is 0. The molecule has 5 heteroatoms. The highest BCUT2D eigenvalue weighted by molar-refractivity contribution is 8.00. The van der Waals surface area contributed by atoms with Gasteiger partial charge in [0.1, 0.15) is 0 Å². The van der Waals surface area contributed by atoms with Crippen LogP contribution in [0.5, 0.6) is 0 Å². The highest BCUT2D eigenvalue weighted by Gasteiger charge is 2.36. The molecule has 3 nitrogen and oxygen atoms in total. The van der Waals surface area contributed by atoms with Crippen LogP contribution in [0.4, 0.5) is 10.7 Å². The molecule has 4 aromatic rings. The fourth-order valence-electron chi connectivity index (χ4n) is 5.16. The Morgan fingerprint density at radius 1 is 0.800 bits per heavy atom. The van der Waals surface area contributed by atoms with Gasteiger partial charge in [0.15, 0.2) is 11.6 Å². The average molecular weight is 490 g/mol. The second kappa shape index (κ2) is 7.94. The summed E-state index contributed by atoms with van der Waals surface area (Å²) in [5.74, 6) is -0.372. The zero-order chi connectivity index (χ0) is 23.5. The molecule has 0 fully saturated rings. The van der Waals surface area contributed by atoms with E-state index in [0.29, 0.717) is 16.4 Å². The third-order valence-electron chi connectivity index (χ3n) is 6.77. The van der Waals surface area contributed by atoms with Gasteiger partial charge in [0.25, 0.3) is 0 Å². The lowest BCUT2D eigenvalue weighted by Gasteiger charge is -2.41. The van der Waals surface area contributed by atoms with Crippen LogP contribution in [-0.2, 0) is 0 Å². The maximum Gasteiger partial charge on any atom is 0.198 e. The second-order valence-corrected chi connectivity index (χ2v) is 11.1. The molecule has 0 amide bonds. The quantitative estimate of drug-likeness (QED) is 0.216. The Balaban J connectivity index is 1.29. The molecule has 0 N–H and O–H groups in total. The van der Waals surface area contributed by atoms with Crippen LogP contribution in [0.15, 0.2) is 108 Å². The molecule has 2 unspecified atom stereocenters. The van der Waals surface area contributed by atoms with Crippen molar-refractivity contribution in [3.8, 4) is 0 Å². The minimum absolute atomic E-state index is 0.183. The Kier molecular flexibility index (Phi) is 4.69. The summed E-state index contributed by atoms with van der Waals surface area (Å²) in [4.78, 5) is 31.1. The molecule has 3 aliphatic rings. The van der Waals surface area contributed by atoms with E-state index in [4.69, 9.17) is 0 Å². The maximum atomic E-state index is 13.4. The molecule has 2 aliphatic carbocycles. The number of para-hydroxylation sites is 1. The molecule has 7 rings (SSSR count). The highest BCUT2D eigenvalue weighted by atomic mass is 32.2. The first-order valence-electron chi connectivity index (χ1n) is 11.5. The summed E-state index contributed by atoms with van der Waals surface area (Å²) in [6.07, 6.45) is 10.5. The van der Waals surface area contributed by atoms with E-state index in [1.165, 1.54) is 10.6 Å². The second-order valence-electron chi connectivity index (χ2n) is 8.78. The molecule has 168 valence electrons. The molecule has 0 saturated carbocycles. The third-order valence-corrected chi connectivity index (χ3v) is 9.11. The SMILES string of the molecule is O=C1/C(=C\c2ccc(N3c4ccccc4SC4C=CC=CC43)s2)C(=O)c2c1ccc1ccccc21. The van der Waals surface area contributed by atoms with E-state index in [-0.39, 0.29) is 23.2 Å². The number of thiophene rings is 1. The summed E-state index contributed by atoms with van der Waals surface area (Å²) in [6, 6.07) is 24.2. The van der Waals surface area contributed by atoms with Gasteiger partial charge >= 0.3 is 0 Å². The minimum atomic E-state index is -0.189. The smallest absolute Gasteiger partial charge is 0.198 e. The highest BCUT2D eigenvalue weighted by Crippen LogP contribution is 2.48. The number of allylic oxidation sites excluding steroid dienone is 3. The van der Waals surface area contributed by atoms with E-state index in [9.17, 15) is 9.59 Å². The van der Waals surface area contributed by atoms with E-state index in [0.717, 1.165) is 20.7 Å². The number of fused-ring (bicyclic) bond motifs is 5. The molecule has 35 heavy (non-hydrogen) atoms. The zero-order valence-electron chi connectivity index (χ0n) is 18.5. The number of ketones is 2. The Morgan fingerprint density at radius 3 is 2.57 bits per heavy atom. The predicted molar refractivity (Wildman–Crippen MR) is 145 cm³/mol. The first-order valence-corrected chi connectivity index (χ1v) is 13.2. The lowest BCUT2D eigenvalue weighted by molar-refractivity contribution is 0.0991. The lowest BCUT2D eigenvalue weighted by atomic mass is 10.0. The van der Waals surface area contributed by atoms with E-state index in [1.807, 2.05) is 48.2 Å². The van der Waals surface area contributed by atoms with Gasteiger partial charge in [-0.2, -0.15) is 0 Å². The van der Waals surface area contributed by atoms with E-state index < -0.39 is 0 Å². The van der Waals surface area contributed by atoms with Gasteiger partial charge in [-0.05, 0) is 47.2 Å². The topological polar surface area (TPSA) is 37.4 Å². The molecule has 2 atom stereocenters. The monoisotopic (exact) mass is 489 g/mol. The zero-order valence-corrected chi connectivity index (χ0v) is 20.2. The summed E-state index contributed by atoms with van der Waals surface area (Å²) >= 11 is 3.50. The van der Waals surface area contributed by atoms with Crippen LogP contribution in [0.1, 0.15) is 25.6 Å². The average Bonchev–Trinajstić information content (AvgIpc) is 3.45. The van der Waals surface area contributed by atoms with Gasteiger partial charge in [-0.1, -0.05) is 66.8 Å². The fourth-order valence-corrected chi connectivity index (χ4v) is 7.42. The van der Waals surface area contributed by atoms with Crippen molar-refractivity contribution in [2.24, 2.45) is 0 Å². The summed E-state index contributed by atoms with van der Waals surface area (Å²) in [5, 5.41) is 3.24. The number of benzene rings is 3. The number of carbonyl (C=O) groups is 2. The first kappa shape index (κ1) is 20.7. The molecule has 0 bridgehead atoms. The standard InChI is InChI=1S/C30H19NO2S2/c32-29-21-15-13-18-7-1-2-8-20(18)28(21)30(33)22(29)17-19-14-16-27(34-19)31-23-9-3-5-11-25(23)35-26-12-6-4-10-24(26)31/h1-17,23,25H/b22-17+. The van der Waals surface area contributed by atoms with Crippen molar-refractivity contribution in [1.29, 1.82) is 0 Å². The fraction of sp³-hybridized carbons (Fsp3) is 0.0667. The molecule has 3 aromatic carbocycles. The molecular formula is C30H19NO2S2. The molecule has 0 saturated heterocycles. The summed E-state index contributed by atoms with van der Waals surface area (Å²) < 4.78 is 0. The summed E-state index contributed by atoms with van der Waals surface area (Å²) in [5.41, 5.74) is 2.46. The van der Waals surface area contributed by atoms with Gasteiger partial charge in [-0.15, -0.1) is 23.1 Å². The van der Waals surface area contributed by atoms with Crippen LogP contribution in [0.25, 0.3) is 16.8 Å². The number of thioether (sulfide) groups is 1. The van der Waals surface area contributed by atoms with Gasteiger partial charge in [-0.25, -0.2) is 0 Å². The number of nitrogens with zero attached hydrogens (tertiary/aromatic N) is 1. The van der Waals surface area contributed by atoms with Crippen molar-refractivity contribution < 1.29 is 9.59 Å². The number of anilines is 2. The molecular weight excluding hydrogens is 470 g/mol. The largest absolute Gasteiger partial charge is 0.324 e. The molecule has 1 aromatic heterocycles. The predicted octanol–water partition coefficient (Wildman–Crippen LogP) is 7.47. The Hall–Kier alpha value is -3.67. The van der Waals surface area contributed by atoms with Crippen molar-refractivity contribution >= 4 is 62.2 Å². The van der Waals surface area contributed by atoms with Crippen LogP contribution in [0.2, 0.25) is 0 Å².